The fourth-order valence-corrected chi connectivity index (χ4v) is 2.88. The van der Waals surface area contributed by atoms with Crippen molar-refractivity contribution in [1.82, 2.24) is 10.3 Å². The minimum atomic E-state index is -0.187. The van der Waals surface area contributed by atoms with Crippen molar-refractivity contribution in [3.8, 4) is 11.3 Å². The van der Waals surface area contributed by atoms with E-state index in [1.165, 1.54) is 12.8 Å². The van der Waals surface area contributed by atoms with Gasteiger partial charge in [-0.15, -0.1) is 11.3 Å². The van der Waals surface area contributed by atoms with Crippen LogP contribution >= 0.6 is 11.3 Å². The Bertz CT molecular complexity index is 522. The Morgan fingerprint density at radius 3 is 2.84 bits per heavy atom. The highest BCUT2D eigenvalue weighted by molar-refractivity contribution is 7.09. The predicted molar refractivity (Wildman–Crippen MR) is 78.0 cm³/mol. The van der Waals surface area contributed by atoms with Gasteiger partial charge in [-0.25, -0.2) is 4.98 Å². The van der Waals surface area contributed by atoms with E-state index in [2.05, 4.69) is 27.8 Å². The highest BCUT2D eigenvalue weighted by Gasteiger charge is 2.29. The minimum absolute atomic E-state index is 0.187. The molecule has 2 N–H and O–H groups in total. The van der Waals surface area contributed by atoms with Crippen LogP contribution in [0.1, 0.15) is 17.8 Å². The molecule has 1 saturated carbocycles. The summed E-state index contributed by atoms with van der Waals surface area (Å²) in [5.74, 6) is 0.531. The lowest BCUT2D eigenvalue weighted by atomic mass is 10.2. The summed E-state index contributed by atoms with van der Waals surface area (Å²) in [6.45, 7) is 1.41. The summed E-state index contributed by atoms with van der Waals surface area (Å²) in [6, 6.07) is 10.2. The maximum atomic E-state index is 9.77. The molecule has 3 nitrogen and oxygen atoms in total. The first kappa shape index (κ1) is 12.8. The zero-order valence-electron chi connectivity index (χ0n) is 10.7. The first-order chi connectivity index (χ1) is 9.33. The molecule has 0 radical (unpaired) electrons. The van der Waals surface area contributed by atoms with Crippen LogP contribution in [0.15, 0.2) is 35.7 Å². The van der Waals surface area contributed by atoms with E-state index in [9.17, 15) is 5.11 Å². The fraction of sp³-hybridized carbons (Fsp3) is 0.400. The van der Waals surface area contributed by atoms with Crippen molar-refractivity contribution in [2.24, 2.45) is 5.92 Å². The van der Waals surface area contributed by atoms with E-state index in [0.29, 0.717) is 12.5 Å². The van der Waals surface area contributed by atoms with Gasteiger partial charge in [0.25, 0.3) is 0 Å². The highest BCUT2D eigenvalue weighted by atomic mass is 32.1. The first-order valence-electron chi connectivity index (χ1n) is 6.71. The molecule has 19 heavy (non-hydrogen) atoms. The number of thiazole rings is 1. The Balaban J connectivity index is 1.53. The topological polar surface area (TPSA) is 45.1 Å². The number of hydrogen-bond donors (Lipinski definition) is 2. The van der Waals surface area contributed by atoms with Crippen molar-refractivity contribution in [1.29, 1.82) is 0 Å². The molecule has 1 aromatic carbocycles. The largest absolute Gasteiger partial charge is 0.392 e. The lowest BCUT2D eigenvalue weighted by Gasteiger charge is -2.08. The number of aliphatic hydroxyl groups excluding tert-OH is 1. The van der Waals surface area contributed by atoms with Crippen molar-refractivity contribution < 1.29 is 5.11 Å². The monoisotopic (exact) mass is 274 g/mol. The molecular formula is C15H18N2OS. The van der Waals surface area contributed by atoms with Crippen LogP contribution in [0.3, 0.4) is 0 Å². The molecule has 4 heteroatoms. The van der Waals surface area contributed by atoms with Gasteiger partial charge in [-0.2, -0.15) is 0 Å². The van der Waals surface area contributed by atoms with Crippen LogP contribution in [0.25, 0.3) is 11.3 Å². The van der Waals surface area contributed by atoms with Crippen LogP contribution in [-0.4, -0.2) is 22.7 Å². The number of nitrogens with one attached hydrogen (secondary N) is 1. The standard InChI is InChI=1S/C15H18N2OS/c18-14(12-6-7-12)8-16-9-15-17-13(10-19-15)11-4-2-1-3-5-11/h1-5,10,12,14,16,18H,6-9H2. The maximum absolute atomic E-state index is 9.77. The normalized spacial score (nSPS) is 16.5. The SMILES string of the molecule is OC(CNCc1nc(-c2ccccc2)cs1)C1CC1. The molecule has 0 spiro atoms. The van der Waals surface area contributed by atoms with E-state index < -0.39 is 0 Å². The molecule has 0 amide bonds. The lowest BCUT2D eigenvalue weighted by molar-refractivity contribution is 0.148. The summed E-state index contributed by atoms with van der Waals surface area (Å²) in [4.78, 5) is 4.61. The molecule has 1 unspecified atom stereocenters. The Labute approximate surface area is 117 Å². The van der Waals surface area contributed by atoms with E-state index in [4.69, 9.17) is 0 Å². The Morgan fingerprint density at radius 1 is 1.32 bits per heavy atom. The van der Waals surface area contributed by atoms with E-state index in [1.807, 2.05) is 18.2 Å². The van der Waals surface area contributed by atoms with E-state index >= 15 is 0 Å². The Morgan fingerprint density at radius 2 is 2.11 bits per heavy atom. The summed E-state index contributed by atoms with van der Waals surface area (Å²) in [5, 5.41) is 16.2. The van der Waals surface area contributed by atoms with Gasteiger partial charge in [0.05, 0.1) is 11.8 Å². The van der Waals surface area contributed by atoms with Crippen LogP contribution in [0.2, 0.25) is 0 Å². The van der Waals surface area contributed by atoms with Crippen molar-refractivity contribution in [3.63, 3.8) is 0 Å². The van der Waals surface area contributed by atoms with Crippen molar-refractivity contribution in [2.45, 2.75) is 25.5 Å². The van der Waals surface area contributed by atoms with Gasteiger partial charge in [0, 0.05) is 24.0 Å². The fourth-order valence-electron chi connectivity index (χ4n) is 2.11. The molecule has 1 aliphatic carbocycles. The molecule has 1 aromatic heterocycles. The smallest absolute Gasteiger partial charge is 0.107 e. The molecule has 0 aliphatic heterocycles. The van der Waals surface area contributed by atoms with Gasteiger partial charge in [0.1, 0.15) is 5.01 Å². The molecule has 1 fully saturated rings. The third-order valence-corrected chi connectivity index (χ3v) is 4.27. The van der Waals surface area contributed by atoms with Crippen LogP contribution in [0, 0.1) is 5.92 Å². The van der Waals surface area contributed by atoms with Crippen LogP contribution in [0.5, 0.6) is 0 Å². The second kappa shape index (κ2) is 5.82. The van der Waals surface area contributed by atoms with Gasteiger partial charge in [-0.05, 0) is 18.8 Å². The van der Waals surface area contributed by atoms with E-state index in [0.717, 1.165) is 22.8 Å². The van der Waals surface area contributed by atoms with E-state index in [1.54, 1.807) is 11.3 Å². The molecule has 2 aromatic rings. The number of aliphatic hydroxyl groups is 1. The second-order valence-corrected chi connectivity index (χ2v) is 5.97. The van der Waals surface area contributed by atoms with Gasteiger partial charge in [0.15, 0.2) is 0 Å². The minimum Gasteiger partial charge on any atom is -0.392 e. The van der Waals surface area contributed by atoms with Gasteiger partial charge < -0.3 is 10.4 Å². The average Bonchev–Trinajstić information content (AvgIpc) is 3.20. The number of hydrogen-bond acceptors (Lipinski definition) is 4. The van der Waals surface area contributed by atoms with Gasteiger partial charge in [-0.1, -0.05) is 30.3 Å². The first-order valence-corrected chi connectivity index (χ1v) is 7.59. The zero-order valence-corrected chi connectivity index (χ0v) is 11.6. The molecule has 1 atom stereocenters. The summed E-state index contributed by atoms with van der Waals surface area (Å²) >= 11 is 1.66. The molecular weight excluding hydrogens is 256 g/mol. The van der Waals surface area contributed by atoms with Crippen molar-refractivity contribution in [2.75, 3.05) is 6.54 Å². The van der Waals surface area contributed by atoms with Gasteiger partial charge in [-0.3, -0.25) is 0 Å². The number of rotatable bonds is 6. The average molecular weight is 274 g/mol. The number of benzene rings is 1. The molecule has 0 saturated heterocycles. The zero-order chi connectivity index (χ0) is 13.1. The van der Waals surface area contributed by atoms with Gasteiger partial charge >= 0.3 is 0 Å². The second-order valence-electron chi connectivity index (χ2n) is 5.03. The molecule has 0 bridgehead atoms. The highest BCUT2D eigenvalue weighted by Crippen LogP contribution is 2.32. The number of nitrogens with zero attached hydrogens (tertiary/aromatic N) is 1. The summed E-state index contributed by atoms with van der Waals surface area (Å²) < 4.78 is 0. The maximum Gasteiger partial charge on any atom is 0.107 e. The van der Waals surface area contributed by atoms with Crippen LogP contribution in [0.4, 0.5) is 0 Å². The Hall–Kier alpha value is -1.23. The van der Waals surface area contributed by atoms with E-state index in [-0.39, 0.29) is 6.10 Å². The van der Waals surface area contributed by atoms with Crippen molar-refractivity contribution in [3.05, 3.63) is 40.7 Å². The lowest BCUT2D eigenvalue weighted by Crippen LogP contribution is -2.27. The predicted octanol–water partition coefficient (Wildman–Crippen LogP) is 2.67. The van der Waals surface area contributed by atoms with Crippen LogP contribution in [-0.2, 0) is 6.54 Å². The molecule has 1 aliphatic rings. The quantitative estimate of drug-likeness (QED) is 0.851. The summed E-state index contributed by atoms with van der Waals surface area (Å²) in [6.07, 6.45) is 2.17. The third kappa shape index (κ3) is 3.41. The molecule has 3 rings (SSSR count). The Kier molecular flexibility index (Phi) is 3.92. The number of aromatic nitrogens is 1. The van der Waals surface area contributed by atoms with Gasteiger partial charge in [0.2, 0.25) is 0 Å². The van der Waals surface area contributed by atoms with Crippen LogP contribution < -0.4 is 5.32 Å². The summed E-state index contributed by atoms with van der Waals surface area (Å²) in [7, 11) is 0. The summed E-state index contributed by atoms with van der Waals surface area (Å²) in [5.41, 5.74) is 2.19. The van der Waals surface area contributed by atoms with Crippen molar-refractivity contribution >= 4 is 11.3 Å². The molecule has 100 valence electrons. The third-order valence-electron chi connectivity index (χ3n) is 3.42. The molecule has 1 heterocycles.